The highest BCUT2D eigenvalue weighted by Crippen LogP contribution is 2.29. The number of hydrogen-bond acceptors (Lipinski definition) is 5. The van der Waals surface area contributed by atoms with E-state index in [0.29, 0.717) is 36.1 Å². The number of ether oxygens (including phenoxy) is 2. The van der Waals surface area contributed by atoms with Gasteiger partial charge >= 0.3 is 12.1 Å². The first-order valence-corrected chi connectivity index (χ1v) is 8.58. The molecule has 2 aromatic rings. The van der Waals surface area contributed by atoms with Crippen LogP contribution in [0.15, 0.2) is 42.6 Å². The summed E-state index contributed by atoms with van der Waals surface area (Å²) < 4.78 is 10.7. The van der Waals surface area contributed by atoms with Gasteiger partial charge in [-0.05, 0) is 57.2 Å². The number of nitrogens with zero attached hydrogens (tertiary/aromatic N) is 2. The summed E-state index contributed by atoms with van der Waals surface area (Å²) >= 11 is 0. The number of carbonyl (C=O) groups is 2. The summed E-state index contributed by atoms with van der Waals surface area (Å²) in [7, 11) is 0. The van der Waals surface area contributed by atoms with E-state index >= 15 is 0 Å². The molecule has 0 saturated carbocycles. The van der Waals surface area contributed by atoms with E-state index in [1.165, 1.54) is 4.90 Å². The van der Waals surface area contributed by atoms with E-state index in [-0.39, 0.29) is 6.03 Å². The van der Waals surface area contributed by atoms with Gasteiger partial charge < -0.3 is 14.8 Å². The van der Waals surface area contributed by atoms with Crippen molar-refractivity contribution in [2.75, 3.05) is 28.7 Å². The molecule has 1 aliphatic heterocycles. The third kappa shape index (κ3) is 4.87. The molecule has 0 saturated heterocycles. The molecule has 1 aliphatic rings. The van der Waals surface area contributed by atoms with Gasteiger partial charge in [-0.1, -0.05) is 0 Å². The molecular weight excluding hydrogens is 348 g/mol. The lowest BCUT2D eigenvalue weighted by molar-refractivity contribution is 0.0636. The zero-order valence-corrected chi connectivity index (χ0v) is 15.5. The van der Waals surface area contributed by atoms with E-state index < -0.39 is 11.7 Å². The number of amides is 3. The first-order valence-electron chi connectivity index (χ1n) is 8.58. The molecule has 0 unspecified atom stereocenters. The quantitative estimate of drug-likeness (QED) is 0.837. The lowest BCUT2D eigenvalue weighted by atomic mass is 10.2. The summed E-state index contributed by atoms with van der Waals surface area (Å²) in [6.07, 6.45) is 1.08. The Balaban J connectivity index is 1.62. The van der Waals surface area contributed by atoms with Gasteiger partial charge in [-0.15, -0.1) is 0 Å². The Labute approximate surface area is 157 Å². The zero-order valence-electron chi connectivity index (χ0n) is 15.5. The van der Waals surface area contributed by atoms with E-state index in [4.69, 9.17) is 9.47 Å². The van der Waals surface area contributed by atoms with Crippen molar-refractivity contribution in [3.8, 4) is 5.75 Å². The molecule has 3 amide bonds. The van der Waals surface area contributed by atoms with Crippen LogP contribution in [0.3, 0.4) is 0 Å². The second kappa shape index (κ2) is 7.53. The Bertz CT molecular complexity index is 830. The summed E-state index contributed by atoms with van der Waals surface area (Å²) in [6, 6.07) is 10.0. The number of urea groups is 1. The van der Waals surface area contributed by atoms with E-state index in [1.54, 1.807) is 63.4 Å². The monoisotopic (exact) mass is 370 g/mol. The molecule has 0 fully saturated rings. The highest BCUT2D eigenvalue weighted by Gasteiger charge is 2.24. The van der Waals surface area contributed by atoms with Crippen LogP contribution in [0.2, 0.25) is 0 Å². The van der Waals surface area contributed by atoms with E-state index in [2.05, 4.69) is 15.6 Å². The summed E-state index contributed by atoms with van der Waals surface area (Å²) in [5.41, 5.74) is 0.597. The lowest BCUT2D eigenvalue weighted by Crippen LogP contribution is -2.41. The Morgan fingerprint density at radius 1 is 1.11 bits per heavy atom. The molecule has 2 heterocycles. The maximum Gasteiger partial charge on any atom is 0.412 e. The maximum atomic E-state index is 12.6. The van der Waals surface area contributed by atoms with Gasteiger partial charge in [0.25, 0.3) is 0 Å². The predicted molar refractivity (Wildman–Crippen MR) is 102 cm³/mol. The second-order valence-corrected chi connectivity index (χ2v) is 6.96. The van der Waals surface area contributed by atoms with Crippen LogP contribution in [0.4, 0.5) is 26.8 Å². The molecule has 2 N–H and O–H groups in total. The second-order valence-electron chi connectivity index (χ2n) is 6.96. The first-order chi connectivity index (χ1) is 12.8. The molecule has 8 nitrogen and oxygen atoms in total. The van der Waals surface area contributed by atoms with Crippen LogP contribution < -0.4 is 20.3 Å². The number of benzene rings is 1. The Morgan fingerprint density at radius 3 is 2.44 bits per heavy atom. The van der Waals surface area contributed by atoms with E-state index in [1.807, 2.05) is 0 Å². The fraction of sp³-hybridized carbons (Fsp3) is 0.316. The molecule has 0 radical (unpaired) electrons. The molecule has 0 aliphatic carbocycles. The topological polar surface area (TPSA) is 92.8 Å². The lowest BCUT2D eigenvalue weighted by Gasteiger charge is -2.28. The van der Waals surface area contributed by atoms with E-state index in [0.717, 1.165) is 0 Å². The van der Waals surface area contributed by atoms with Crippen molar-refractivity contribution < 1.29 is 19.1 Å². The molecule has 142 valence electrons. The van der Waals surface area contributed by atoms with Crippen molar-refractivity contribution in [3.63, 3.8) is 0 Å². The Morgan fingerprint density at radius 2 is 1.78 bits per heavy atom. The van der Waals surface area contributed by atoms with Crippen molar-refractivity contribution in [2.24, 2.45) is 0 Å². The third-order valence-corrected chi connectivity index (χ3v) is 3.61. The molecule has 8 heteroatoms. The third-order valence-electron chi connectivity index (χ3n) is 3.61. The molecule has 0 atom stereocenters. The molecule has 0 bridgehead atoms. The van der Waals surface area contributed by atoms with Crippen LogP contribution in [0.5, 0.6) is 5.75 Å². The number of aromatic nitrogens is 1. The number of rotatable bonds is 2. The van der Waals surface area contributed by atoms with Gasteiger partial charge in [0, 0.05) is 17.6 Å². The Kier molecular flexibility index (Phi) is 5.16. The molecule has 0 spiro atoms. The smallest absolute Gasteiger partial charge is 0.412 e. The van der Waals surface area contributed by atoms with Crippen LogP contribution in [0.25, 0.3) is 0 Å². The minimum Gasteiger partial charge on any atom is -0.488 e. The van der Waals surface area contributed by atoms with Crippen LogP contribution in [0.1, 0.15) is 20.8 Å². The van der Waals surface area contributed by atoms with Crippen LogP contribution in [-0.2, 0) is 4.74 Å². The summed E-state index contributed by atoms with van der Waals surface area (Å²) in [5, 5.41) is 5.46. The molecular formula is C19H22N4O4. The van der Waals surface area contributed by atoms with Gasteiger partial charge in [-0.3, -0.25) is 10.2 Å². The number of hydrogen-bond donors (Lipinski definition) is 2. The number of pyridine rings is 1. The van der Waals surface area contributed by atoms with Gasteiger partial charge in [0.1, 0.15) is 12.2 Å². The number of nitrogens with one attached hydrogen (secondary N) is 2. The number of carbonyl (C=O) groups excluding carboxylic acids is 2. The van der Waals surface area contributed by atoms with Gasteiger partial charge in [0.05, 0.1) is 6.54 Å². The summed E-state index contributed by atoms with van der Waals surface area (Å²) in [4.78, 5) is 30.1. The van der Waals surface area contributed by atoms with Gasteiger partial charge in [0.15, 0.2) is 11.6 Å². The van der Waals surface area contributed by atoms with Crippen LogP contribution in [0, 0.1) is 0 Å². The van der Waals surface area contributed by atoms with Crippen molar-refractivity contribution in [2.45, 2.75) is 26.4 Å². The van der Waals surface area contributed by atoms with Crippen LogP contribution in [-0.4, -0.2) is 35.9 Å². The Hall–Kier alpha value is -3.29. The molecule has 27 heavy (non-hydrogen) atoms. The average molecular weight is 370 g/mol. The fourth-order valence-corrected chi connectivity index (χ4v) is 2.50. The maximum absolute atomic E-state index is 12.6. The largest absolute Gasteiger partial charge is 0.488 e. The zero-order chi connectivity index (χ0) is 19.4. The van der Waals surface area contributed by atoms with Crippen LogP contribution >= 0.6 is 0 Å². The minimum atomic E-state index is -0.569. The number of anilines is 3. The highest BCUT2D eigenvalue weighted by molar-refractivity contribution is 6.02. The van der Waals surface area contributed by atoms with Gasteiger partial charge in [-0.25, -0.2) is 14.6 Å². The van der Waals surface area contributed by atoms with Crippen molar-refractivity contribution in [1.29, 1.82) is 0 Å². The highest BCUT2D eigenvalue weighted by atomic mass is 16.6. The summed E-state index contributed by atoms with van der Waals surface area (Å²) in [5.74, 6) is 1.07. The first kappa shape index (κ1) is 18.5. The average Bonchev–Trinajstić information content (AvgIpc) is 2.61. The van der Waals surface area contributed by atoms with Crippen molar-refractivity contribution >= 4 is 29.3 Å². The SMILES string of the molecule is CC(C)(C)OC(=O)Nc1ccc(NC(=O)N2CCOc3cccnc32)cc1. The number of fused-ring (bicyclic) bond motifs is 1. The summed E-state index contributed by atoms with van der Waals surface area (Å²) in [6.45, 7) is 6.20. The predicted octanol–water partition coefficient (Wildman–Crippen LogP) is 3.86. The van der Waals surface area contributed by atoms with Gasteiger partial charge in [0.2, 0.25) is 0 Å². The van der Waals surface area contributed by atoms with Crippen molar-refractivity contribution in [3.05, 3.63) is 42.6 Å². The van der Waals surface area contributed by atoms with Crippen molar-refractivity contribution in [1.82, 2.24) is 4.98 Å². The van der Waals surface area contributed by atoms with Gasteiger partial charge in [-0.2, -0.15) is 0 Å². The van der Waals surface area contributed by atoms with E-state index in [9.17, 15) is 9.59 Å². The molecule has 1 aromatic heterocycles. The molecule has 3 rings (SSSR count). The fourth-order valence-electron chi connectivity index (χ4n) is 2.50. The molecule has 1 aromatic carbocycles. The standard InChI is InChI=1S/C19H22N4O4/c1-19(2,3)27-18(25)22-14-8-6-13(7-9-14)21-17(24)23-11-12-26-15-5-4-10-20-16(15)23/h4-10H,11-12H2,1-3H3,(H,21,24)(H,22,25). The minimum absolute atomic E-state index is 0.300. The normalized spacial score (nSPS) is 13.2.